The van der Waals surface area contributed by atoms with Crippen molar-refractivity contribution in [2.45, 2.75) is 50.7 Å². The molecule has 0 spiro atoms. The molecule has 0 aromatic carbocycles. The van der Waals surface area contributed by atoms with Crippen LogP contribution in [0.25, 0.3) is 0 Å². The van der Waals surface area contributed by atoms with Crippen molar-refractivity contribution in [2.24, 2.45) is 17.8 Å². The van der Waals surface area contributed by atoms with E-state index >= 15 is 0 Å². The van der Waals surface area contributed by atoms with Crippen LogP contribution in [0.2, 0.25) is 0 Å². The van der Waals surface area contributed by atoms with Gasteiger partial charge >= 0.3 is 29.6 Å². The predicted molar refractivity (Wildman–Crippen MR) is 57.4 cm³/mol. The Morgan fingerprint density at radius 1 is 1.06 bits per heavy atom. The predicted octanol–water partition coefficient (Wildman–Crippen LogP) is -0.533. The molecule has 0 amide bonds. The Bertz CT molecular complexity index is 204. The van der Waals surface area contributed by atoms with Crippen LogP contribution >= 0.6 is 12.0 Å². The summed E-state index contributed by atoms with van der Waals surface area (Å²) in [7, 11) is 0. The van der Waals surface area contributed by atoms with Crippen LogP contribution in [0.3, 0.4) is 0 Å². The van der Waals surface area contributed by atoms with E-state index in [2.05, 4.69) is 16.3 Å². The second kappa shape index (κ2) is 7.62. The van der Waals surface area contributed by atoms with Crippen LogP contribution in [0, 0.1) is 17.8 Å². The Hall–Kier alpha value is 1.23. The van der Waals surface area contributed by atoms with Gasteiger partial charge < -0.3 is 5.26 Å². The van der Waals surface area contributed by atoms with Gasteiger partial charge in [-0.2, -0.15) is 4.33 Å². The molecule has 2 saturated carbocycles. The van der Waals surface area contributed by atoms with Gasteiger partial charge in [0.15, 0.2) is 0 Å². The topological polar surface area (TPSA) is 41.5 Å². The Kier molecular flexibility index (Phi) is 7.28. The smallest absolute Gasteiger partial charge is 0.691 e. The molecule has 0 radical (unpaired) electrons. The molecule has 4 atom stereocenters. The quantitative estimate of drug-likeness (QED) is 0.294. The Balaban J connectivity index is 0.00000128. The van der Waals surface area contributed by atoms with Crippen molar-refractivity contribution in [3.63, 3.8) is 0 Å². The fourth-order valence-electron chi connectivity index (χ4n) is 3.40. The van der Waals surface area contributed by atoms with Crippen molar-refractivity contribution in [3.8, 4) is 0 Å². The summed E-state index contributed by atoms with van der Waals surface area (Å²) in [4.78, 5) is 0. The maximum absolute atomic E-state index is 9.85. The first-order chi connectivity index (χ1) is 7.33. The number of fused-ring (bicyclic) bond motifs is 1. The summed E-state index contributed by atoms with van der Waals surface area (Å²) in [5.74, 6) is 2.43. The Morgan fingerprint density at radius 2 is 1.75 bits per heavy atom. The van der Waals surface area contributed by atoms with Crippen molar-refractivity contribution < 1.29 is 44.2 Å². The summed E-state index contributed by atoms with van der Waals surface area (Å²) in [5, 5.41) is 13.8. The molecule has 16 heavy (non-hydrogen) atoms. The van der Waals surface area contributed by atoms with Crippen LogP contribution in [0.4, 0.5) is 0 Å². The minimum atomic E-state index is 0. The van der Waals surface area contributed by atoms with E-state index in [0.29, 0.717) is 5.25 Å². The molecular weight excluding hydrogens is 235 g/mol. The first-order valence-corrected chi connectivity index (χ1v) is 6.75. The normalized spacial score (nSPS) is 38.6. The van der Waals surface area contributed by atoms with E-state index in [1.807, 2.05) is 0 Å². The van der Waals surface area contributed by atoms with Crippen molar-refractivity contribution in [2.75, 3.05) is 0 Å². The molecule has 0 aromatic heterocycles. The molecule has 0 N–H and O–H groups in total. The summed E-state index contributed by atoms with van der Waals surface area (Å²) >= 11 is 1.25. The van der Waals surface area contributed by atoms with Crippen LogP contribution in [-0.2, 0) is 9.37 Å². The molecule has 0 aliphatic heterocycles. The molecule has 2 aliphatic carbocycles. The molecule has 4 unspecified atom stereocenters. The van der Waals surface area contributed by atoms with Gasteiger partial charge in [0.1, 0.15) is 0 Å². The Morgan fingerprint density at radius 3 is 2.44 bits per heavy atom. The van der Waals surface area contributed by atoms with Gasteiger partial charge in [-0.1, -0.05) is 19.8 Å². The van der Waals surface area contributed by atoms with E-state index in [1.165, 1.54) is 44.1 Å². The van der Waals surface area contributed by atoms with Crippen molar-refractivity contribution in [1.82, 2.24) is 0 Å². The van der Waals surface area contributed by atoms with Crippen LogP contribution < -0.4 is 34.8 Å². The molecule has 3 nitrogen and oxygen atoms in total. The Labute approximate surface area is 124 Å². The van der Waals surface area contributed by atoms with E-state index in [0.717, 1.165) is 24.2 Å². The van der Waals surface area contributed by atoms with E-state index in [-0.39, 0.29) is 29.6 Å². The van der Waals surface area contributed by atoms with Crippen LogP contribution in [0.1, 0.15) is 45.4 Å². The monoisotopic (exact) mass is 254 g/mol. The molecule has 0 aromatic rings. The van der Waals surface area contributed by atoms with Crippen molar-refractivity contribution in [3.05, 3.63) is 0 Å². The first-order valence-electron chi connectivity index (χ1n) is 5.95. The molecule has 88 valence electrons. The van der Waals surface area contributed by atoms with E-state index in [9.17, 15) is 5.26 Å². The average Bonchev–Trinajstić information content (AvgIpc) is 2.29. The van der Waals surface area contributed by atoms with Gasteiger partial charge in [0.25, 0.3) is 0 Å². The first kappa shape index (κ1) is 15.3. The molecule has 0 heterocycles. The van der Waals surface area contributed by atoms with Gasteiger partial charge in [-0.3, -0.25) is 5.04 Å². The number of hydrogen-bond acceptors (Lipinski definition) is 4. The minimum absolute atomic E-state index is 0. The third kappa shape index (κ3) is 3.61. The molecule has 2 aliphatic rings. The van der Waals surface area contributed by atoms with Crippen molar-refractivity contribution >= 4 is 12.0 Å². The number of rotatable bonds is 3. The van der Waals surface area contributed by atoms with E-state index in [4.69, 9.17) is 0 Å². The summed E-state index contributed by atoms with van der Waals surface area (Å²) in [5.41, 5.74) is 0. The third-order valence-corrected chi connectivity index (χ3v) is 5.15. The van der Waals surface area contributed by atoms with Gasteiger partial charge in [-0.25, -0.2) is 0 Å². The van der Waals surface area contributed by atoms with Gasteiger partial charge in [0.2, 0.25) is 0 Å². The van der Waals surface area contributed by atoms with E-state index < -0.39 is 0 Å². The largest absolute Gasteiger partial charge is 1.00 e. The molecule has 0 bridgehead atoms. The van der Waals surface area contributed by atoms with Crippen LogP contribution in [0.15, 0.2) is 0 Å². The molecule has 2 fully saturated rings. The minimum Gasteiger partial charge on any atom is -0.691 e. The fourth-order valence-corrected chi connectivity index (χ4v) is 4.24. The number of hydrogen-bond donors (Lipinski definition) is 0. The summed E-state index contributed by atoms with van der Waals surface area (Å²) in [6, 6.07) is 0. The SMILES string of the molecule is CC1CCC(SOO[O-])C2CCCCC12.[Na+]. The van der Waals surface area contributed by atoms with Gasteiger partial charge in [0, 0.05) is 17.3 Å². The maximum atomic E-state index is 9.85. The van der Waals surface area contributed by atoms with Crippen LogP contribution in [0.5, 0.6) is 0 Å². The van der Waals surface area contributed by atoms with Crippen molar-refractivity contribution in [1.29, 1.82) is 0 Å². The summed E-state index contributed by atoms with van der Waals surface area (Å²) in [6.07, 6.45) is 7.80. The zero-order valence-electron chi connectivity index (χ0n) is 10.2. The zero-order chi connectivity index (χ0) is 10.7. The van der Waals surface area contributed by atoms with Gasteiger partial charge in [0.05, 0.1) is 0 Å². The third-order valence-electron chi connectivity index (χ3n) is 4.18. The van der Waals surface area contributed by atoms with Gasteiger partial charge in [-0.15, -0.1) is 0 Å². The molecule has 5 heteroatoms. The second-order valence-corrected chi connectivity index (χ2v) is 5.87. The molecule has 2 rings (SSSR count). The summed E-state index contributed by atoms with van der Waals surface area (Å²) < 4.78 is 4.52. The summed E-state index contributed by atoms with van der Waals surface area (Å²) in [6.45, 7) is 2.37. The molecule has 0 saturated heterocycles. The van der Waals surface area contributed by atoms with E-state index in [1.54, 1.807) is 0 Å². The standard InChI is InChI=1S/C11H20O3S.Na/c1-8-6-7-11(15-14-13-12)10-5-3-2-4-9(8)10;/h8-12H,2-7H2,1H3;/q;+1/p-1. The average molecular weight is 254 g/mol. The fraction of sp³-hybridized carbons (Fsp3) is 1.00. The second-order valence-electron chi connectivity index (χ2n) is 4.94. The maximum Gasteiger partial charge on any atom is 1.00 e. The zero-order valence-corrected chi connectivity index (χ0v) is 13.0. The van der Waals surface area contributed by atoms with Crippen LogP contribution in [-0.4, -0.2) is 5.25 Å². The van der Waals surface area contributed by atoms with Gasteiger partial charge in [-0.05, 0) is 43.4 Å². The molecular formula is C11H19NaO3S.